The molecular weight excluding hydrogens is 376 g/mol. The second-order valence-electron chi connectivity index (χ2n) is 7.78. The SMILES string of the molecule is O=C(CC12CC3CC(CC(C3)C1)C2)OCC(=O)c1ccc(Br)s1. The van der Waals surface area contributed by atoms with Crippen LogP contribution in [0.3, 0.4) is 0 Å². The molecule has 23 heavy (non-hydrogen) atoms. The van der Waals surface area contributed by atoms with E-state index in [4.69, 9.17) is 4.74 Å². The predicted molar refractivity (Wildman–Crippen MR) is 92.5 cm³/mol. The molecule has 5 rings (SSSR count). The van der Waals surface area contributed by atoms with E-state index < -0.39 is 0 Å². The average Bonchev–Trinajstić information content (AvgIpc) is 2.89. The molecule has 4 bridgehead atoms. The summed E-state index contributed by atoms with van der Waals surface area (Å²) in [7, 11) is 0. The zero-order valence-corrected chi connectivity index (χ0v) is 15.5. The van der Waals surface area contributed by atoms with Gasteiger partial charge in [-0.2, -0.15) is 0 Å². The Labute approximate surface area is 148 Å². The van der Waals surface area contributed by atoms with Crippen LogP contribution in [-0.2, 0) is 9.53 Å². The number of carbonyl (C=O) groups is 2. The summed E-state index contributed by atoms with van der Waals surface area (Å²) >= 11 is 4.72. The normalized spacial score (nSPS) is 34.6. The maximum absolute atomic E-state index is 12.3. The number of esters is 1. The summed E-state index contributed by atoms with van der Waals surface area (Å²) in [5.74, 6) is 2.20. The smallest absolute Gasteiger partial charge is 0.306 e. The van der Waals surface area contributed by atoms with Gasteiger partial charge in [0.25, 0.3) is 0 Å². The first-order chi connectivity index (χ1) is 11.0. The Bertz CT molecular complexity index is 601. The van der Waals surface area contributed by atoms with Gasteiger partial charge < -0.3 is 4.74 Å². The quantitative estimate of drug-likeness (QED) is 0.527. The third-order valence-electron chi connectivity index (χ3n) is 5.90. The van der Waals surface area contributed by atoms with E-state index in [1.54, 1.807) is 6.07 Å². The van der Waals surface area contributed by atoms with Crippen molar-refractivity contribution in [1.82, 2.24) is 0 Å². The summed E-state index contributed by atoms with van der Waals surface area (Å²) in [6, 6.07) is 3.61. The van der Waals surface area contributed by atoms with E-state index in [1.165, 1.54) is 49.9 Å². The minimum absolute atomic E-state index is 0.112. The summed E-state index contributed by atoms with van der Waals surface area (Å²) in [6.07, 6.45) is 8.22. The Kier molecular flexibility index (Phi) is 4.12. The number of ketones is 1. The molecular formula is C18H21BrO3S. The molecule has 0 aromatic carbocycles. The zero-order valence-electron chi connectivity index (χ0n) is 13.1. The largest absolute Gasteiger partial charge is 0.457 e. The molecule has 0 spiro atoms. The van der Waals surface area contributed by atoms with Crippen LogP contribution in [-0.4, -0.2) is 18.4 Å². The third-order valence-corrected chi connectivity index (χ3v) is 7.56. The van der Waals surface area contributed by atoms with Crippen molar-refractivity contribution in [2.45, 2.75) is 44.9 Å². The lowest BCUT2D eigenvalue weighted by molar-refractivity contribution is -0.150. The Balaban J connectivity index is 1.33. The monoisotopic (exact) mass is 396 g/mol. The van der Waals surface area contributed by atoms with Crippen LogP contribution >= 0.6 is 27.3 Å². The minimum atomic E-state index is -0.184. The highest BCUT2D eigenvalue weighted by atomic mass is 79.9. The molecule has 4 aliphatic rings. The van der Waals surface area contributed by atoms with Crippen LogP contribution in [0.4, 0.5) is 0 Å². The van der Waals surface area contributed by atoms with Crippen molar-refractivity contribution in [3.05, 3.63) is 20.8 Å². The topological polar surface area (TPSA) is 43.4 Å². The van der Waals surface area contributed by atoms with E-state index in [0.29, 0.717) is 11.3 Å². The van der Waals surface area contributed by atoms with Crippen LogP contribution in [0.5, 0.6) is 0 Å². The summed E-state index contributed by atoms with van der Waals surface area (Å²) in [4.78, 5) is 25.0. The van der Waals surface area contributed by atoms with Crippen molar-refractivity contribution in [2.75, 3.05) is 6.61 Å². The number of ether oxygens (including phenoxy) is 1. The first-order valence-corrected chi connectivity index (χ1v) is 10.1. The summed E-state index contributed by atoms with van der Waals surface area (Å²) in [6.45, 7) is -0.127. The first-order valence-electron chi connectivity index (χ1n) is 8.45. The molecule has 4 saturated carbocycles. The fourth-order valence-corrected chi connectivity index (χ4v) is 6.86. The Morgan fingerprint density at radius 1 is 1.13 bits per heavy atom. The fraction of sp³-hybridized carbons (Fsp3) is 0.667. The van der Waals surface area contributed by atoms with E-state index in [9.17, 15) is 9.59 Å². The highest BCUT2D eigenvalue weighted by molar-refractivity contribution is 9.11. The predicted octanol–water partition coefficient (Wildman–Crippen LogP) is 4.84. The van der Waals surface area contributed by atoms with E-state index in [0.717, 1.165) is 21.5 Å². The van der Waals surface area contributed by atoms with Gasteiger partial charge >= 0.3 is 5.97 Å². The lowest BCUT2D eigenvalue weighted by Crippen LogP contribution is -2.47. The van der Waals surface area contributed by atoms with Gasteiger partial charge in [-0.1, -0.05) is 0 Å². The lowest BCUT2D eigenvalue weighted by atomic mass is 9.49. The summed E-state index contributed by atoms with van der Waals surface area (Å²) in [5, 5.41) is 0. The molecule has 124 valence electrons. The molecule has 0 radical (unpaired) electrons. The Morgan fingerprint density at radius 3 is 2.26 bits per heavy atom. The fourth-order valence-electron chi connectivity index (χ4n) is 5.55. The van der Waals surface area contributed by atoms with Crippen LogP contribution in [0.2, 0.25) is 0 Å². The molecule has 0 atom stereocenters. The number of hydrogen-bond donors (Lipinski definition) is 0. The van der Waals surface area contributed by atoms with E-state index >= 15 is 0 Å². The molecule has 0 unspecified atom stereocenters. The number of hydrogen-bond acceptors (Lipinski definition) is 4. The molecule has 1 aromatic heterocycles. The summed E-state index contributed by atoms with van der Waals surface area (Å²) < 4.78 is 6.23. The first kappa shape index (κ1) is 15.8. The van der Waals surface area contributed by atoms with Gasteiger partial charge in [0, 0.05) is 0 Å². The third kappa shape index (κ3) is 3.27. The van der Waals surface area contributed by atoms with E-state index in [1.807, 2.05) is 6.07 Å². The van der Waals surface area contributed by atoms with E-state index in [-0.39, 0.29) is 23.8 Å². The molecule has 3 nitrogen and oxygen atoms in total. The zero-order chi connectivity index (χ0) is 16.0. The van der Waals surface area contributed by atoms with Gasteiger partial charge in [-0.15, -0.1) is 11.3 Å². The van der Waals surface area contributed by atoms with Crippen LogP contribution < -0.4 is 0 Å². The Hall–Kier alpha value is -0.680. The van der Waals surface area contributed by atoms with Crippen LogP contribution in [0, 0.1) is 23.2 Å². The summed E-state index contributed by atoms with van der Waals surface area (Å²) in [5.41, 5.74) is 0.181. The van der Waals surface area contributed by atoms with Gasteiger partial charge in [-0.05, 0) is 89.8 Å². The van der Waals surface area contributed by atoms with Crippen LogP contribution in [0.25, 0.3) is 0 Å². The van der Waals surface area contributed by atoms with Gasteiger partial charge in [-0.25, -0.2) is 0 Å². The van der Waals surface area contributed by atoms with Crippen LogP contribution in [0.1, 0.15) is 54.6 Å². The van der Waals surface area contributed by atoms with Crippen molar-refractivity contribution >= 4 is 39.0 Å². The molecule has 0 N–H and O–H groups in total. The number of rotatable bonds is 5. The van der Waals surface area contributed by atoms with Gasteiger partial charge in [-0.3, -0.25) is 9.59 Å². The second-order valence-corrected chi connectivity index (χ2v) is 10.2. The lowest BCUT2D eigenvalue weighted by Gasteiger charge is -2.56. The van der Waals surface area contributed by atoms with Gasteiger partial charge in [0.2, 0.25) is 5.78 Å². The molecule has 0 amide bonds. The maximum Gasteiger partial charge on any atom is 0.306 e. The van der Waals surface area contributed by atoms with E-state index in [2.05, 4.69) is 15.9 Å². The van der Waals surface area contributed by atoms with Crippen LogP contribution in [0.15, 0.2) is 15.9 Å². The molecule has 0 saturated heterocycles. The number of halogens is 1. The van der Waals surface area contributed by atoms with Crippen molar-refractivity contribution < 1.29 is 14.3 Å². The highest BCUT2D eigenvalue weighted by Crippen LogP contribution is 2.61. The van der Waals surface area contributed by atoms with Crippen molar-refractivity contribution in [3.63, 3.8) is 0 Å². The van der Waals surface area contributed by atoms with Crippen molar-refractivity contribution in [1.29, 1.82) is 0 Å². The standard InChI is InChI=1S/C18H21BrO3S/c19-16-2-1-15(23-16)14(20)10-22-17(21)9-18-6-11-3-12(7-18)5-13(4-11)8-18/h1-2,11-13H,3-10H2. The van der Waals surface area contributed by atoms with Gasteiger partial charge in [0.05, 0.1) is 15.1 Å². The molecule has 4 aliphatic carbocycles. The minimum Gasteiger partial charge on any atom is -0.457 e. The second kappa shape index (κ2) is 5.99. The number of thiophene rings is 1. The van der Waals surface area contributed by atoms with Gasteiger partial charge in [0.15, 0.2) is 6.61 Å². The van der Waals surface area contributed by atoms with Gasteiger partial charge in [0.1, 0.15) is 0 Å². The maximum atomic E-state index is 12.3. The average molecular weight is 397 g/mol. The molecule has 0 aliphatic heterocycles. The molecule has 5 heteroatoms. The van der Waals surface area contributed by atoms with Crippen molar-refractivity contribution in [2.24, 2.45) is 23.2 Å². The molecule has 1 heterocycles. The number of carbonyl (C=O) groups excluding carboxylic acids is 2. The number of Topliss-reactive ketones (excluding diaryl/α,β-unsaturated/α-hetero) is 1. The molecule has 1 aromatic rings. The Morgan fingerprint density at radius 2 is 1.74 bits per heavy atom. The van der Waals surface area contributed by atoms with Crippen molar-refractivity contribution in [3.8, 4) is 0 Å². The highest BCUT2D eigenvalue weighted by Gasteiger charge is 2.51. The molecule has 4 fully saturated rings.